The standard InChI is InChI=1S/C28H33F3N4O2S/c1-20-6-8-22-16-34(38(36,37)26-12-9-23(10-13-26)28(29,30)31)18-25(11-7-21-4-2-3-5-21)35(27(22)14-20)17-24-15-32-19-33-24/h6,8-10,12-15,19,21,25H,2-5,7,11,16-18H2,1H3,(H,32,33)/t25-/m0/s1. The van der Waals surface area contributed by atoms with Gasteiger partial charge in [-0.25, -0.2) is 13.4 Å². The van der Waals surface area contributed by atoms with Gasteiger partial charge >= 0.3 is 6.18 Å². The van der Waals surface area contributed by atoms with Gasteiger partial charge in [-0.15, -0.1) is 0 Å². The predicted octanol–water partition coefficient (Wildman–Crippen LogP) is 6.29. The van der Waals surface area contributed by atoms with Gasteiger partial charge in [0.25, 0.3) is 0 Å². The third-order valence-electron chi connectivity index (χ3n) is 7.85. The molecule has 1 aliphatic heterocycles. The lowest BCUT2D eigenvalue weighted by Crippen LogP contribution is -2.43. The first-order valence-corrected chi connectivity index (χ1v) is 14.6. The van der Waals surface area contributed by atoms with Crippen molar-refractivity contribution in [2.45, 2.75) is 75.7 Å². The molecular weight excluding hydrogens is 513 g/mol. The number of aromatic amines is 1. The molecule has 5 rings (SSSR count). The highest BCUT2D eigenvalue weighted by atomic mass is 32.2. The van der Waals surface area contributed by atoms with E-state index in [1.54, 1.807) is 12.5 Å². The molecule has 2 heterocycles. The Balaban J connectivity index is 1.52. The molecular formula is C28H33F3N4O2S. The number of hydrogen-bond acceptors (Lipinski definition) is 4. The normalized spacial score (nSPS) is 19.5. The molecule has 0 amide bonds. The van der Waals surface area contributed by atoms with Crippen LogP contribution >= 0.6 is 0 Å². The van der Waals surface area contributed by atoms with Crippen LogP contribution in [0, 0.1) is 12.8 Å². The Morgan fingerprint density at radius 1 is 1.05 bits per heavy atom. The maximum atomic E-state index is 13.8. The van der Waals surface area contributed by atoms with Crippen LogP contribution in [0.2, 0.25) is 0 Å². The van der Waals surface area contributed by atoms with Crippen molar-refractivity contribution in [3.8, 4) is 0 Å². The van der Waals surface area contributed by atoms with Crippen LogP contribution in [0.3, 0.4) is 0 Å². The number of alkyl halides is 3. The minimum Gasteiger partial charge on any atom is -0.361 e. The van der Waals surface area contributed by atoms with Crippen molar-refractivity contribution >= 4 is 15.7 Å². The smallest absolute Gasteiger partial charge is 0.361 e. The van der Waals surface area contributed by atoms with Crippen LogP contribution in [-0.2, 0) is 29.3 Å². The maximum absolute atomic E-state index is 13.8. The largest absolute Gasteiger partial charge is 0.416 e. The zero-order valence-corrected chi connectivity index (χ0v) is 22.2. The predicted molar refractivity (Wildman–Crippen MR) is 140 cm³/mol. The van der Waals surface area contributed by atoms with Gasteiger partial charge in [-0.3, -0.25) is 0 Å². The zero-order chi connectivity index (χ0) is 26.9. The van der Waals surface area contributed by atoms with Gasteiger partial charge in [-0.05, 0) is 67.1 Å². The third-order valence-corrected chi connectivity index (χ3v) is 9.68. The molecule has 2 aliphatic rings. The Labute approximate surface area is 221 Å². The lowest BCUT2D eigenvalue weighted by atomic mass is 9.97. The number of rotatable bonds is 7. The first-order valence-electron chi connectivity index (χ1n) is 13.1. The summed E-state index contributed by atoms with van der Waals surface area (Å²) >= 11 is 0. The summed E-state index contributed by atoms with van der Waals surface area (Å²) in [6.45, 7) is 2.97. The van der Waals surface area contributed by atoms with E-state index in [4.69, 9.17) is 0 Å². The highest BCUT2D eigenvalue weighted by Gasteiger charge is 2.36. The fourth-order valence-corrected chi connectivity index (χ4v) is 7.21. The number of benzene rings is 2. The molecule has 1 saturated carbocycles. The quantitative estimate of drug-likeness (QED) is 0.378. The summed E-state index contributed by atoms with van der Waals surface area (Å²) < 4.78 is 68.4. The van der Waals surface area contributed by atoms with Gasteiger partial charge in [-0.1, -0.05) is 37.8 Å². The van der Waals surface area contributed by atoms with E-state index in [1.807, 2.05) is 19.1 Å². The van der Waals surface area contributed by atoms with Crippen molar-refractivity contribution in [1.82, 2.24) is 14.3 Å². The summed E-state index contributed by atoms with van der Waals surface area (Å²) in [5, 5.41) is 0. The molecule has 1 aliphatic carbocycles. The number of aromatic nitrogens is 2. The monoisotopic (exact) mass is 546 g/mol. The van der Waals surface area contributed by atoms with E-state index < -0.39 is 21.8 Å². The number of nitrogens with zero attached hydrogens (tertiary/aromatic N) is 3. The van der Waals surface area contributed by atoms with Crippen LogP contribution in [-0.4, -0.2) is 35.3 Å². The number of halogens is 3. The fraction of sp³-hybridized carbons (Fsp3) is 0.464. The Hall–Kier alpha value is -2.85. The number of H-pyrrole nitrogens is 1. The summed E-state index contributed by atoms with van der Waals surface area (Å²) in [6, 6.07) is 9.72. The van der Waals surface area contributed by atoms with Crippen molar-refractivity contribution in [2.75, 3.05) is 11.4 Å². The summed E-state index contributed by atoms with van der Waals surface area (Å²) in [6.07, 6.45) is 5.62. The van der Waals surface area contributed by atoms with Gasteiger partial charge in [-0.2, -0.15) is 17.5 Å². The number of aryl methyl sites for hydroxylation is 1. The van der Waals surface area contributed by atoms with E-state index in [0.717, 1.165) is 59.6 Å². The number of fused-ring (bicyclic) bond motifs is 1. The van der Waals surface area contributed by atoms with Crippen molar-refractivity contribution in [3.63, 3.8) is 0 Å². The molecule has 0 bridgehead atoms. The van der Waals surface area contributed by atoms with Gasteiger partial charge in [0, 0.05) is 31.0 Å². The minimum absolute atomic E-state index is 0.105. The van der Waals surface area contributed by atoms with Crippen LogP contribution < -0.4 is 4.90 Å². The average molecular weight is 547 g/mol. The molecule has 6 nitrogen and oxygen atoms in total. The van der Waals surface area contributed by atoms with E-state index in [1.165, 1.54) is 30.0 Å². The second-order valence-electron chi connectivity index (χ2n) is 10.5. The summed E-state index contributed by atoms with van der Waals surface area (Å²) in [4.78, 5) is 9.50. The zero-order valence-electron chi connectivity index (χ0n) is 21.4. The van der Waals surface area contributed by atoms with Crippen molar-refractivity contribution in [1.29, 1.82) is 0 Å². The topological polar surface area (TPSA) is 69.3 Å². The van der Waals surface area contributed by atoms with E-state index >= 15 is 0 Å². The maximum Gasteiger partial charge on any atom is 0.416 e. The number of sulfonamides is 1. The van der Waals surface area contributed by atoms with Gasteiger partial charge < -0.3 is 9.88 Å². The second kappa shape index (κ2) is 10.7. The minimum atomic E-state index is -4.53. The highest BCUT2D eigenvalue weighted by Crippen LogP contribution is 2.37. The van der Waals surface area contributed by atoms with Gasteiger partial charge in [0.05, 0.1) is 29.0 Å². The second-order valence-corrected chi connectivity index (χ2v) is 12.5. The lowest BCUT2D eigenvalue weighted by molar-refractivity contribution is -0.137. The first-order chi connectivity index (χ1) is 18.1. The SMILES string of the molecule is Cc1ccc2c(c1)N(Cc1cnc[nH]1)[C@@H](CCC1CCCC1)CN(S(=O)(=O)c1ccc(C(F)(F)F)cc1)C2. The molecule has 1 fully saturated rings. The van der Waals surface area contributed by atoms with Crippen molar-refractivity contribution in [2.24, 2.45) is 5.92 Å². The highest BCUT2D eigenvalue weighted by molar-refractivity contribution is 7.89. The molecule has 1 N–H and O–H groups in total. The van der Waals surface area contributed by atoms with Gasteiger partial charge in [0.15, 0.2) is 0 Å². The molecule has 0 unspecified atom stereocenters. The number of anilines is 1. The number of nitrogens with one attached hydrogen (secondary N) is 1. The molecule has 2 aromatic carbocycles. The molecule has 10 heteroatoms. The van der Waals surface area contributed by atoms with Crippen molar-refractivity contribution < 1.29 is 21.6 Å². The molecule has 0 radical (unpaired) electrons. The number of hydrogen-bond donors (Lipinski definition) is 1. The van der Waals surface area contributed by atoms with Crippen molar-refractivity contribution in [3.05, 3.63) is 77.4 Å². The van der Waals surface area contributed by atoms with E-state index in [0.29, 0.717) is 12.5 Å². The Morgan fingerprint density at radius 2 is 1.79 bits per heavy atom. The average Bonchev–Trinajstić information content (AvgIpc) is 3.57. The van der Waals surface area contributed by atoms with Crippen LogP contribution in [0.25, 0.3) is 0 Å². The molecule has 0 spiro atoms. The molecule has 204 valence electrons. The van der Waals surface area contributed by atoms with Crippen LogP contribution in [0.15, 0.2) is 59.9 Å². The van der Waals surface area contributed by atoms with Gasteiger partial charge in [0.2, 0.25) is 10.0 Å². The third kappa shape index (κ3) is 5.76. The van der Waals surface area contributed by atoms with Crippen LogP contribution in [0.5, 0.6) is 0 Å². The van der Waals surface area contributed by atoms with Gasteiger partial charge in [0.1, 0.15) is 0 Å². The summed E-state index contributed by atoms with van der Waals surface area (Å²) in [5.41, 5.74) is 3.00. The number of imidazole rings is 1. The van der Waals surface area contributed by atoms with Crippen LogP contribution in [0.1, 0.15) is 60.9 Å². The Bertz CT molecular complexity index is 1340. The Morgan fingerprint density at radius 3 is 2.45 bits per heavy atom. The fourth-order valence-electron chi connectivity index (χ4n) is 5.75. The molecule has 38 heavy (non-hydrogen) atoms. The van der Waals surface area contributed by atoms with E-state index in [2.05, 4.69) is 20.9 Å². The lowest BCUT2D eigenvalue weighted by Gasteiger charge is -2.34. The van der Waals surface area contributed by atoms with Crippen LogP contribution in [0.4, 0.5) is 18.9 Å². The molecule has 3 aromatic rings. The molecule has 1 aromatic heterocycles. The summed E-state index contributed by atoms with van der Waals surface area (Å²) in [7, 11) is -4.04. The molecule has 0 saturated heterocycles. The van der Waals surface area contributed by atoms with E-state index in [-0.39, 0.29) is 24.0 Å². The van der Waals surface area contributed by atoms with E-state index in [9.17, 15) is 21.6 Å². The summed E-state index contributed by atoms with van der Waals surface area (Å²) in [5.74, 6) is 0.643. The Kier molecular flexibility index (Phi) is 7.55. The molecule has 1 atom stereocenters. The first kappa shape index (κ1) is 26.7.